The van der Waals surface area contributed by atoms with Crippen LogP contribution in [-0.4, -0.2) is 44.2 Å². The van der Waals surface area contributed by atoms with Crippen LogP contribution in [0.25, 0.3) is 0 Å². The van der Waals surface area contributed by atoms with E-state index >= 15 is 0 Å². The highest BCUT2D eigenvalue weighted by molar-refractivity contribution is 7.89. The third kappa shape index (κ3) is 4.17. The average molecular weight is 304 g/mol. The Bertz CT molecular complexity index is 486. The van der Waals surface area contributed by atoms with Crippen molar-refractivity contribution in [1.29, 1.82) is 0 Å². The Morgan fingerprint density at radius 3 is 2.40 bits per heavy atom. The molecule has 0 spiro atoms. The monoisotopic (exact) mass is 304 g/mol. The average Bonchev–Trinajstić information content (AvgIpc) is 3.05. The van der Waals surface area contributed by atoms with E-state index in [2.05, 4.69) is 10.0 Å². The van der Waals surface area contributed by atoms with Crippen LogP contribution in [0.2, 0.25) is 0 Å². The summed E-state index contributed by atoms with van der Waals surface area (Å²) in [6, 6.07) is 0. The predicted octanol–water partition coefficient (Wildman–Crippen LogP) is -0.457. The van der Waals surface area contributed by atoms with E-state index in [1.165, 1.54) is 0 Å². The molecule has 2 rings (SSSR count). The van der Waals surface area contributed by atoms with Crippen LogP contribution in [0.3, 0.4) is 0 Å². The summed E-state index contributed by atoms with van der Waals surface area (Å²) in [6.45, 7) is 0.488. The first-order valence-corrected chi connectivity index (χ1v) is 8.52. The molecule has 0 radical (unpaired) electrons. The van der Waals surface area contributed by atoms with E-state index in [1.807, 2.05) is 0 Å². The maximum absolute atomic E-state index is 11.7. The molecule has 7 nitrogen and oxygen atoms in total. The molecule has 114 valence electrons. The topological polar surface area (TPSA) is 113 Å². The highest BCUT2D eigenvalue weighted by atomic mass is 32.2. The van der Waals surface area contributed by atoms with Crippen LogP contribution in [0.1, 0.15) is 25.7 Å². The quantitative estimate of drug-likeness (QED) is 0.562. The molecule has 0 heterocycles. The number of sulfonamides is 1. The van der Waals surface area contributed by atoms with Gasteiger partial charge in [-0.15, -0.1) is 0 Å². The molecule has 0 aliphatic heterocycles. The van der Waals surface area contributed by atoms with Gasteiger partial charge in [0.2, 0.25) is 15.9 Å². The van der Waals surface area contributed by atoms with Crippen molar-refractivity contribution in [1.82, 2.24) is 10.0 Å². The van der Waals surface area contributed by atoms with Gasteiger partial charge in [0, 0.05) is 13.1 Å². The highest BCUT2D eigenvalue weighted by Gasteiger charge is 2.48. The molecule has 2 fully saturated rings. The second kappa shape index (κ2) is 6.09. The Hall–Kier alpha value is -1.15. The Labute approximate surface area is 118 Å². The molecule has 2 aliphatic rings. The van der Waals surface area contributed by atoms with E-state index in [9.17, 15) is 18.0 Å². The second-order valence-electron chi connectivity index (χ2n) is 5.54. The minimum Gasteiger partial charge on any atom is -0.481 e. The minimum absolute atomic E-state index is 0.0155. The second-order valence-corrected chi connectivity index (χ2v) is 7.47. The van der Waals surface area contributed by atoms with Gasteiger partial charge >= 0.3 is 5.97 Å². The summed E-state index contributed by atoms with van der Waals surface area (Å²) in [5.74, 6) is -2.18. The normalized spacial score (nSPS) is 25.8. The third-order valence-electron chi connectivity index (χ3n) is 3.93. The summed E-state index contributed by atoms with van der Waals surface area (Å²) >= 11 is 0. The lowest BCUT2D eigenvalue weighted by Gasteiger charge is -2.25. The van der Waals surface area contributed by atoms with Crippen molar-refractivity contribution in [2.75, 3.05) is 18.8 Å². The molecular weight excluding hydrogens is 284 g/mol. The SMILES string of the molecule is O=C(O)C1CC1C(=O)NCCS(=O)(=O)NCC1CCC1. The smallest absolute Gasteiger partial charge is 0.307 e. The number of carboxylic acids is 1. The molecule has 2 aliphatic carbocycles. The van der Waals surface area contributed by atoms with Gasteiger partial charge < -0.3 is 10.4 Å². The number of carboxylic acid groups (broad SMARTS) is 1. The zero-order valence-corrected chi connectivity index (χ0v) is 12.0. The Morgan fingerprint density at radius 2 is 1.90 bits per heavy atom. The number of rotatable bonds is 8. The molecule has 1 amide bonds. The largest absolute Gasteiger partial charge is 0.481 e. The predicted molar refractivity (Wildman–Crippen MR) is 71.4 cm³/mol. The van der Waals surface area contributed by atoms with Gasteiger partial charge in [0.1, 0.15) is 0 Å². The molecule has 0 aromatic rings. The Balaban J connectivity index is 1.62. The molecule has 0 aromatic heterocycles. The number of nitrogens with one attached hydrogen (secondary N) is 2. The number of carbonyl (C=O) groups excluding carboxylic acids is 1. The fourth-order valence-corrected chi connectivity index (χ4v) is 3.22. The molecule has 20 heavy (non-hydrogen) atoms. The fourth-order valence-electron chi connectivity index (χ4n) is 2.21. The molecule has 0 aromatic carbocycles. The van der Waals surface area contributed by atoms with E-state index in [0.29, 0.717) is 18.9 Å². The lowest BCUT2D eigenvalue weighted by molar-refractivity contribution is -0.140. The van der Waals surface area contributed by atoms with Gasteiger partial charge in [-0.2, -0.15) is 0 Å². The van der Waals surface area contributed by atoms with E-state index in [0.717, 1.165) is 19.3 Å². The van der Waals surface area contributed by atoms with Crippen molar-refractivity contribution in [3.63, 3.8) is 0 Å². The molecule has 8 heteroatoms. The van der Waals surface area contributed by atoms with Crippen LogP contribution in [0.5, 0.6) is 0 Å². The summed E-state index contributed by atoms with van der Waals surface area (Å²) in [7, 11) is -3.36. The highest BCUT2D eigenvalue weighted by Crippen LogP contribution is 2.38. The van der Waals surface area contributed by atoms with Crippen molar-refractivity contribution in [2.45, 2.75) is 25.7 Å². The van der Waals surface area contributed by atoms with Crippen molar-refractivity contribution < 1.29 is 23.1 Å². The summed E-state index contributed by atoms with van der Waals surface area (Å²) < 4.78 is 25.8. The van der Waals surface area contributed by atoms with E-state index in [-0.39, 0.29) is 18.2 Å². The van der Waals surface area contributed by atoms with Gasteiger partial charge in [0.25, 0.3) is 0 Å². The molecule has 2 atom stereocenters. The van der Waals surface area contributed by atoms with Crippen molar-refractivity contribution in [2.24, 2.45) is 17.8 Å². The molecular formula is C12H20N2O5S. The van der Waals surface area contributed by atoms with Gasteiger partial charge in [0.15, 0.2) is 0 Å². The van der Waals surface area contributed by atoms with E-state index in [1.54, 1.807) is 0 Å². The molecule has 0 saturated heterocycles. The van der Waals surface area contributed by atoms with Crippen LogP contribution in [0.4, 0.5) is 0 Å². The van der Waals surface area contributed by atoms with E-state index < -0.39 is 27.8 Å². The summed E-state index contributed by atoms with van der Waals surface area (Å²) in [6.07, 6.45) is 3.64. The number of hydrogen-bond donors (Lipinski definition) is 3. The summed E-state index contributed by atoms with van der Waals surface area (Å²) in [5.41, 5.74) is 0. The first kappa shape index (κ1) is 15.2. The Kier molecular flexibility index (Phi) is 4.64. The molecule has 2 saturated carbocycles. The van der Waals surface area contributed by atoms with Gasteiger partial charge in [-0.05, 0) is 25.2 Å². The zero-order chi connectivity index (χ0) is 14.8. The number of aliphatic carboxylic acids is 1. The van der Waals surface area contributed by atoms with Gasteiger partial charge in [-0.25, -0.2) is 13.1 Å². The number of amides is 1. The van der Waals surface area contributed by atoms with Gasteiger partial charge in [0.05, 0.1) is 17.6 Å². The maximum Gasteiger partial charge on any atom is 0.307 e. The van der Waals surface area contributed by atoms with Crippen LogP contribution in [0, 0.1) is 17.8 Å². The number of carbonyl (C=O) groups is 2. The fraction of sp³-hybridized carbons (Fsp3) is 0.833. The van der Waals surface area contributed by atoms with Crippen molar-refractivity contribution in [3.8, 4) is 0 Å². The summed E-state index contributed by atoms with van der Waals surface area (Å²) in [5, 5.41) is 11.2. The van der Waals surface area contributed by atoms with Crippen molar-refractivity contribution >= 4 is 21.9 Å². The van der Waals surface area contributed by atoms with Crippen molar-refractivity contribution in [3.05, 3.63) is 0 Å². The van der Waals surface area contributed by atoms with Crippen LogP contribution in [-0.2, 0) is 19.6 Å². The van der Waals surface area contributed by atoms with Gasteiger partial charge in [-0.1, -0.05) is 6.42 Å². The number of hydrogen-bond acceptors (Lipinski definition) is 4. The zero-order valence-electron chi connectivity index (χ0n) is 11.2. The molecule has 3 N–H and O–H groups in total. The van der Waals surface area contributed by atoms with Gasteiger partial charge in [-0.3, -0.25) is 9.59 Å². The third-order valence-corrected chi connectivity index (χ3v) is 5.28. The molecule has 2 unspecified atom stereocenters. The standard InChI is InChI=1S/C12H20N2O5S/c15-11(9-6-10(9)12(16)17)13-4-5-20(18,19)14-7-8-2-1-3-8/h8-10,14H,1-7H2,(H,13,15)(H,16,17). The van der Waals surface area contributed by atoms with Crippen LogP contribution < -0.4 is 10.0 Å². The Morgan fingerprint density at radius 1 is 1.20 bits per heavy atom. The first-order chi connectivity index (χ1) is 9.39. The summed E-state index contributed by atoms with van der Waals surface area (Å²) in [4.78, 5) is 22.1. The lowest BCUT2D eigenvalue weighted by atomic mass is 9.86. The van der Waals surface area contributed by atoms with Crippen LogP contribution >= 0.6 is 0 Å². The lowest BCUT2D eigenvalue weighted by Crippen LogP contribution is -2.38. The maximum atomic E-state index is 11.7. The van der Waals surface area contributed by atoms with E-state index in [4.69, 9.17) is 5.11 Å². The minimum atomic E-state index is -3.36. The first-order valence-electron chi connectivity index (χ1n) is 6.87. The van der Waals surface area contributed by atoms with Crippen LogP contribution in [0.15, 0.2) is 0 Å². The molecule has 0 bridgehead atoms.